The Bertz CT molecular complexity index is 1520. The molecule has 0 bridgehead atoms. The van der Waals surface area contributed by atoms with E-state index in [1.807, 2.05) is 25.3 Å². The van der Waals surface area contributed by atoms with E-state index in [1.54, 1.807) is 62.6 Å². The molecule has 45 heavy (non-hydrogen) atoms. The molecule has 0 heterocycles. The number of rotatable bonds is 14. The molecular formula is C34H43N3O6S2. The lowest BCUT2D eigenvalue weighted by Crippen LogP contribution is -2.53. The molecule has 9 nitrogen and oxygen atoms in total. The number of carbonyl (C=O) groups is 2. The van der Waals surface area contributed by atoms with E-state index < -0.39 is 28.5 Å². The first-order valence-electron chi connectivity index (χ1n) is 15.3. The second kappa shape index (κ2) is 16.0. The monoisotopic (exact) mass is 653 g/mol. The summed E-state index contributed by atoms with van der Waals surface area (Å²) in [4.78, 5) is 30.3. The number of anilines is 1. The van der Waals surface area contributed by atoms with Crippen LogP contribution in [0.15, 0.2) is 82.6 Å². The van der Waals surface area contributed by atoms with Crippen molar-refractivity contribution in [1.29, 1.82) is 0 Å². The van der Waals surface area contributed by atoms with Gasteiger partial charge in [-0.15, -0.1) is 11.8 Å². The largest absolute Gasteiger partial charge is 0.497 e. The van der Waals surface area contributed by atoms with Crippen LogP contribution in [0, 0.1) is 0 Å². The van der Waals surface area contributed by atoms with Crippen molar-refractivity contribution in [3.8, 4) is 11.5 Å². The summed E-state index contributed by atoms with van der Waals surface area (Å²) in [6, 6.07) is 19.8. The van der Waals surface area contributed by atoms with Crippen LogP contribution in [0.4, 0.5) is 5.69 Å². The van der Waals surface area contributed by atoms with Crippen molar-refractivity contribution in [2.45, 2.75) is 74.4 Å². The lowest BCUT2D eigenvalue weighted by Gasteiger charge is -2.33. The van der Waals surface area contributed by atoms with Gasteiger partial charge in [-0.3, -0.25) is 13.9 Å². The number of para-hydroxylation sites is 2. The smallest absolute Gasteiger partial charge is 0.264 e. The van der Waals surface area contributed by atoms with Crippen molar-refractivity contribution in [3.63, 3.8) is 0 Å². The molecule has 1 aliphatic rings. The summed E-state index contributed by atoms with van der Waals surface area (Å²) >= 11 is 1.50. The highest BCUT2D eigenvalue weighted by Crippen LogP contribution is 2.33. The van der Waals surface area contributed by atoms with E-state index in [9.17, 15) is 18.0 Å². The number of benzene rings is 3. The van der Waals surface area contributed by atoms with Gasteiger partial charge in [0, 0.05) is 17.5 Å². The molecule has 0 aliphatic heterocycles. The van der Waals surface area contributed by atoms with E-state index in [-0.39, 0.29) is 29.1 Å². The van der Waals surface area contributed by atoms with Gasteiger partial charge in [-0.1, -0.05) is 43.5 Å². The van der Waals surface area contributed by atoms with Crippen LogP contribution in [0.25, 0.3) is 0 Å². The van der Waals surface area contributed by atoms with E-state index in [1.165, 1.54) is 28.8 Å². The minimum atomic E-state index is -4.22. The quantitative estimate of drug-likeness (QED) is 0.217. The second-order valence-electron chi connectivity index (χ2n) is 11.0. The molecule has 2 amide bonds. The first-order chi connectivity index (χ1) is 21.7. The molecule has 0 aromatic heterocycles. The molecule has 11 heteroatoms. The van der Waals surface area contributed by atoms with Gasteiger partial charge in [0.2, 0.25) is 11.8 Å². The van der Waals surface area contributed by atoms with Gasteiger partial charge in [0.25, 0.3) is 10.0 Å². The summed E-state index contributed by atoms with van der Waals surface area (Å²) in [7, 11) is -2.64. The standard InChI is InChI=1S/C34H43N3O6S2/c1-5-43-32-14-10-9-13-31(32)37(45(40,41)30-21-19-29(44-4)20-22-30)24-33(38)36(23-26-15-17-28(42-3)18-16-26)25(2)34(39)35-27-11-7-6-8-12-27/h9-10,13-22,25,27H,5-8,11-12,23-24H2,1-4H3,(H,35,39). The van der Waals surface area contributed by atoms with Gasteiger partial charge >= 0.3 is 0 Å². The molecular weight excluding hydrogens is 611 g/mol. The van der Waals surface area contributed by atoms with Crippen LogP contribution < -0.4 is 19.1 Å². The molecule has 1 fully saturated rings. The molecule has 242 valence electrons. The number of hydrogen-bond acceptors (Lipinski definition) is 7. The molecule has 4 rings (SSSR count). The predicted octanol–water partition coefficient (Wildman–Crippen LogP) is 5.88. The Morgan fingerprint density at radius 1 is 0.978 bits per heavy atom. The maximum absolute atomic E-state index is 14.3. The highest BCUT2D eigenvalue weighted by molar-refractivity contribution is 7.98. The summed E-state index contributed by atoms with van der Waals surface area (Å²) in [5.41, 5.74) is 1.02. The Kier molecular flexibility index (Phi) is 12.2. The fraction of sp³-hybridized carbons (Fsp3) is 0.412. The zero-order valence-corrected chi connectivity index (χ0v) is 28.0. The molecule has 0 radical (unpaired) electrons. The minimum absolute atomic E-state index is 0.0456. The Morgan fingerprint density at radius 3 is 2.27 bits per heavy atom. The highest BCUT2D eigenvalue weighted by atomic mass is 32.2. The van der Waals surface area contributed by atoms with Gasteiger partial charge in [-0.05, 0) is 87.0 Å². The Labute approximate surface area is 271 Å². The summed E-state index contributed by atoms with van der Waals surface area (Å²) < 4.78 is 40.7. The number of methoxy groups -OCH3 is 1. The van der Waals surface area contributed by atoms with E-state index in [4.69, 9.17) is 9.47 Å². The fourth-order valence-electron chi connectivity index (χ4n) is 5.41. The molecule has 1 unspecified atom stereocenters. The summed E-state index contributed by atoms with van der Waals surface area (Å²) in [6.45, 7) is 3.38. The molecule has 3 aromatic carbocycles. The molecule has 3 aromatic rings. The van der Waals surface area contributed by atoms with Crippen molar-refractivity contribution >= 4 is 39.3 Å². The number of amides is 2. The number of nitrogens with one attached hydrogen (secondary N) is 1. The van der Waals surface area contributed by atoms with Gasteiger partial charge < -0.3 is 19.7 Å². The number of carbonyl (C=O) groups excluding carboxylic acids is 2. The first-order valence-corrected chi connectivity index (χ1v) is 18.0. The average Bonchev–Trinajstić information content (AvgIpc) is 3.07. The summed E-state index contributed by atoms with van der Waals surface area (Å²) in [5.74, 6) is 0.215. The third kappa shape index (κ3) is 8.73. The number of sulfonamides is 1. The van der Waals surface area contributed by atoms with Crippen LogP contribution in [-0.4, -0.2) is 63.7 Å². The van der Waals surface area contributed by atoms with E-state index in [2.05, 4.69) is 5.32 Å². The van der Waals surface area contributed by atoms with Crippen molar-refractivity contribution in [2.75, 3.05) is 30.8 Å². The van der Waals surface area contributed by atoms with Crippen molar-refractivity contribution in [3.05, 3.63) is 78.4 Å². The Hall–Kier alpha value is -3.70. The van der Waals surface area contributed by atoms with Crippen LogP contribution in [0.2, 0.25) is 0 Å². The van der Waals surface area contributed by atoms with Crippen LogP contribution in [0.3, 0.4) is 0 Å². The lowest BCUT2D eigenvalue weighted by atomic mass is 9.95. The minimum Gasteiger partial charge on any atom is -0.497 e. The van der Waals surface area contributed by atoms with E-state index >= 15 is 0 Å². The lowest BCUT2D eigenvalue weighted by molar-refractivity contribution is -0.139. The van der Waals surface area contributed by atoms with Crippen molar-refractivity contribution in [1.82, 2.24) is 10.2 Å². The van der Waals surface area contributed by atoms with Crippen molar-refractivity contribution in [2.24, 2.45) is 0 Å². The van der Waals surface area contributed by atoms with Crippen LogP contribution in [-0.2, 0) is 26.2 Å². The van der Waals surface area contributed by atoms with Gasteiger partial charge in [-0.2, -0.15) is 0 Å². The van der Waals surface area contributed by atoms with Crippen molar-refractivity contribution < 1.29 is 27.5 Å². The van der Waals surface area contributed by atoms with E-state index in [0.29, 0.717) is 18.1 Å². The van der Waals surface area contributed by atoms with Gasteiger partial charge in [0.15, 0.2) is 0 Å². The molecule has 1 aliphatic carbocycles. The Morgan fingerprint density at radius 2 is 1.64 bits per heavy atom. The van der Waals surface area contributed by atoms with Gasteiger partial charge in [-0.25, -0.2) is 8.42 Å². The SMILES string of the molecule is CCOc1ccccc1N(CC(=O)N(Cc1ccc(OC)cc1)C(C)C(=O)NC1CCCCC1)S(=O)(=O)c1ccc(SC)cc1. The van der Waals surface area contributed by atoms with E-state index in [0.717, 1.165) is 46.9 Å². The van der Waals surface area contributed by atoms with Crippen LogP contribution in [0.1, 0.15) is 51.5 Å². The third-order valence-electron chi connectivity index (χ3n) is 7.99. The maximum Gasteiger partial charge on any atom is 0.264 e. The molecule has 1 N–H and O–H groups in total. The maximum atomic E-state index is 14.3. The highest BCUT2D eigenvalue weighted by Gasteiger charge is 2.34. The predicted molar refractivity (Wildman–Crippen MR) is 178 cm³/mol. The zero-order chi connectivity index (χ0) is 32.4. The number of thioether (sulfide) groups is 1. The molecule has 0 saturated heterocycles. The number of nitrogens with zero attached hydrogens (tertiary/aromatic N) is 2. The van der Waals surface area contributed by atoms with Crippen LogP contribution >= 0.6 is 11.8 Å². The first kappa shape index (κ1) is 34.2. The molecule has 0 spiro atoms. The topological polar surface area (TPSA) is 105 Å². The van der Waals surface area contributed by atoms with Crippen LogP contribution in [0.5, 0.6) is 11.5 Å². The average molecular weight is 654 g/mol. The number of ether oxygens (including phenoxy) is 2. The molecule has 1 atom stereocenters. The van der Waals surface area contributed by atoms with Gasteiger partial charge in [0.05, 0.1) is 24.3 Å². The summed E-state index contributed by atoms with van der Waals surface area (Å²) in [5, 5.41) is 3.13. The second-order valence-corrected chi connectivity index (χ2v) is 13.7. The summed E-state index contributed by atoms with van der Waals surface area (Å²) in [6.07, 6.45) is 6.98. The molecule has 1 saturated carbocycles. The Balaban J connectivity index is 1.71. The third-order valence-corrected chi connectivity index (χ3v) is 10.5. The fourth-order valence-corrected chi connectivity index (χ4v) is 7.24. The zero-order valence-electron chi connectivity index (χ0n) is 26.4. The normalized spacial score (nSPS) is 14.3. The number of hydrogen-bond donors (Lipinski definition) is 1. The van der Waals surface area contributed by atoms with Gasteiger partial charge in [0.1, 0.15) is 24.1 Å².